The van der Waals surface area contributed by atoms with Crippen LogP contribution in [0.4, 0.5) is 5.69 Å². The zero-order chi connectivity index (χ0) is 13.0. The lowest BCUT2D eigenvalue weighted by atomic mass is 10.0. The maximum atomic E-state index is 11.8. The molecule has 1 saturated heterocycles. The summed E-state index contributed by atoms with van der Waals surface area (Å²) in [4.78, 5) is 11.8. The Balaban J connectivity index is 1.84. The Labute approximate surface area is 120 Å². The Hall–Kier alpha value is -0.580. The monoisotopic (exact) mass is 330 g/mol. The van der Waals surface area contributed by atoms with E-state index in [9.17, 15) is 4.79 Å². The van der Waals surface area contributed by atoms with E-state index in [1.165, 1.54) is 6.42 Å². The van der Waals surface area contributed by atoms with Crippen LogP contribution in [0, 0.1) is 5.92 Å². The van der Waals surface area contributed by atoms with E-state index in [2.05, 4.69) is 26.6 Å². The summed E-state index contributed by atoms with van der Waals surface area (Å²) in [5, 5.41) is 6.81. The van der Waals surface area contributed by atoms with Crippen molar-refractivity contribution in [1.29, 1.82) is 0 Å². The van der Waals surface area contributed by atoms with Gasteiger partial charge in [-0.3, -0.25) is 4.79 Å². The van der Waals surface area contributed by atoms with Crippen LogP contribution in [-0.2, 0) is 4.79 Å². The maximum absolute atomic E-state index is 11.8. The van der Waals surface area contributed by atoms with E-state index in [1.54, 1.807) is 12.1 Å². The van der Waals surface area contributed by atoms with Crippen molar-refractivity contribution in [3.05, 3.63) is 27.7 Å². The van der Waals surface area contributed by atoms with E-state index in [0.717, 1.165) is 29.7 Å². The van der Waals surface area contributed by atoms with Gasteiger partial charge >= 0.3 is 0 Å². The average Bonchev–Trinajstić information content (AvgIpc) is 2.84. The highest BCUT2D eigenvalue weighted by Gasteiger charge is 2.16. The molecular formula is C13H16BrClN2O. The zero-order valence-corrected chi connectivity index (χ0v) is 12.4. The smallest absolute Gasteiger partial charge is 0.224 e. The molecule has 0 radical (unpaired) electrons. The normalized spacial score (nSPS) is 18.9. The molecular weight excluding hydrogens is 316 g/mol. The lowest BCUT2D eigenvalue weighted by Crippen LogP contribution is -2.15. The third-order valence-electron chi connectivity index (χ3n) is 3.14. The third-order valence-corrected chi connectivity index (χ3v) is 4.07. The first-order chi connectivity index (χ1) is 8.65. The van der Waals surface area contributed by atoms with Crippen LogP contribution in [0.25, 0.3) is 0 Å². The summed E-state index contributed by atoms with van der Waals surface area (Å²) in [6.07, 6.45) is 2.68. The van der Waals surface area contributed by atoms with Gasteiger partial charge in [-0.2, -0.15) is 0 Å². The average molecular weight is 332 g/mol. The molecule has 1 fully saturated rings. The maximum Gasteiger partial charge on any atom is 0.224 e. The minimum absolute atomic E-state index is 0.0462. The minimum atomic E-state index is 0.0462. The van der Waals surface area contributed by atoms with Gasteiger partial charge in [0.1, 0.15) is 0 Å². The number of anilines is 1. The molecule has 1 aromatic rings. The summed E-state index contributed by atoms with van der Waals surface area (Å²) in [5.41, 5.74) is 0.733. The molecule has 98 valence electrons. The molecule has 0 aromatic heterocycles. The largest absolute Gasteiger partial charge is 0.325 e. The molecule has 5 heteroatoms. The van der Waals surface area contributed by atoms with E-state index < -0.39 is 0 Å². The number of halogens is 2. The fourth-order valence-electron chi connectivity index (χ4n) is 2.10. The van der Waals surface area contributed by atoms with Crippen molar-refractivity contribution in [2.45, 2.75) is 19.3 Å². The first-order valence-corrected chi connectivity index (χ1v) is 7.28. The number of amides is 1. The first kappa shape index (κ1) is 13.8. The molecule has 1 aliphatic heterocycles. The molecule has 1 aliphatic rings. The summed E-state index contributed by atoms with van der Waals surface area (Å²) >= 11 is 9.29. The van der Waals surface area contributed by atoms with Crippen LogP contribution < -0.4 is 10.6 Å². The molecule has 1 aromatic carbocycles. The molecule has 1 atom stereocenters. The van der Waals surface area contributed by atoms with Crippen molar-refractivity contribution in [2.75, 3.05) is 18.4 Å². The van der Waals surface area contributed by atoms with Crippen molar-refractivity contribution >= 4 is 39.1 Å². The van der Waals surface area contributed by atoms with Gasteiger partial charge in [0.05, 0.1) is 5.69 Å². The number of carbonyl (C=O) groups is 1. The number of hydrogen-bond donors (Lipinski definition) is 2. The topological polar surface area (TPSA) is 41.1 Å². The van der Waals surface area contributed by atoms with E-state index in [-0.39, 0.29) is 5.91 Å². The van der Waals surface area contributed by atoms with Crippen LogP contribution in [0.2, 0.25) is 5.02 Å². The third kappa shape index (κ3) is 3.97. The van der Waals surface area contributed by atoms with Gasteiger partial charge in [0.25, 0.3) is 0 Å². The molecule has 0 spiro atoms. The lowest BCUT2D eigenvalue weighted by molar-refractivity contribution is -0.116. The van der Waals surface area contributed by atoms with E-state index in [0.29, 0.717) is 17.4 Å². The van der Waals surface area contributed by atoms with Gasteiger partial charge in [-0.25, -0.2) is 0 Å². The summed E-state index contributed by atoms with van der Waals surface area (Å²) in [7, 11) is 0. The predicted octanol–water partition coefficient (Wildman–Crippen LogP) is 3.43. The number of carbonyl (C=O) groups excluding carboxylic acids is 1. The van der Waals surface area contributed by atoms with Crippen LogP contribution >= 0.6 is 27.5 Å². The van der Waals surface area contributed by atoms with Gasteiger partial charge in [-0.15, -0.1) is 0 Å². The summed E-state index contributed by atoms with van der Waals surface area (Å²) < 4.78 is 0.850. The van der Waals surface area contributed by atoms with Crippen LogP contribution in [0.15, 0.2) is 22.7 Å². The van der Waals surface area contributed by atoms with Gasteiger partial charge in [-0.05, 0) is 66.0 Å². The zero-order valence-electron chi connectivity index (χ0n) is 10.0. The molecule has 1 amide bonds. The fourth-order valence-corrected chi connectivity index (χ4v) is 2.62. The number of rotatable bonds is 4. The van der Waals surface area contributed by atoms with Gasteiger partial charge in [0.15, 0.2) is 0 Å². The first-order valence-electron chi connectivity index (χ1n) is 6.11. The lowest BCUT2D eigenvalue weighted by Gasteiger charge is -2.10. The highest BCUT2D eigenvalue weighted by molar-refractivity contribution is 9.10. The van der Waals surface area contributed by atoms with Crippen molar-refractivity contribution in [2.24, 2.45) is 5.92 Å². The molecule has 18 heavy (non-hydrogen) atoms. The minimum Gasteiger partial charge on any atom is -0.325 e. The Morgan fingerprint density at radius 2 is 2.39 bits per heavy atom. The molecule has 0 bridgehead atoms. The molecule has 0 saturated carbocycles. The summed E-state index contributed by atoms with van der Waals surface area (Å²) in [6.45, 7) is 2.11. The van der Waals surface area contributed by atoms with Gasteiger partial charge in [-0.1, -0.05) is 11.6 Å². The number of hydrogen-bond acceptors (Lipinski definition) is 2. The molecule has 1 unspecified atom stereocenters. The van der Waals surface area contributed by atoms with Crippen molar-refractivity contribution < 1.29 is 4.79 Å². The molecule has 2 N–H and O–H groups in total. The Kier molecular flexibility index (Phi) is 5.03. The second-order valence-corrected chi connectivity index (χ2v) is 5.86. The highest BCUT2D eigenvalue weighted by Crippen LogP contribution is 2.26. The molecule has 2 rings (SSSR count). The van der Waals surface area contributed by atoms with Crippen LogP contribution in [0.1, 0.15) is 19.3 Å². The van der Waals surface area contributed by atoms with E-state index >= 15 is 0 Å². The molecule has 3 nitrogen and oxygen atoms in total. The van der Waals surface area contributed by atoms with Crippen LogP contribution in [0.5, 0.6) is 0 Å². The predicted molar refractivity (Wildman–Crippen MR) is 78.0 cm³/mol. The molecule has 1 heterocycles. The number of nitrogens with one attached hydrogen (secondary N) is 2. The van der Waals surface area contributed by atoms with Crippen LogP contribution in [0.3, 0.4) is 0 Å². The van der Waals surface area contributed by atoms with E-state index in [1.807, 2.05) is 6.07 Å². The Morgan fingerprint density at radius 1 is 1.56 bits per heavy atom. The second-order valence-electron chi connectivity index (χ2n) is 4.57. The van der Waals surface area contributed by atoms with Crippen LogP contribution in [-0.4, -0.2) is 19.0 Å². The van der Waals surface area contributed by atoms with Gasteiger partial charge in [0, 0.05) is 15.9 Å². The Bertz CT molecular complexity index is 433. The SMILES string of the molecule is O=C(CCC1CCNC1)Nc1cc(Cl)ccc1Br. The summed E-state index contributed by atoms with van der Waals surface area (Å²) in [5.74, 6) is 0.684. The standard InChI is InChI=1S/C13H16BrClN2O/c14-11-3-2-10(15)7-12(11)17-13(18)4-1-9-5-6-16-8-9/h2-3,7,9,16H,1,4-6,8H2,(H,17,18). The van der Waals surface area contributed by atoms with Crippen molar-refractivity contribution in [1.82, 2.24) is 5.32 Å². The quantitative estimate of drug-likeness (QED) is 0.887. The second kappa shape index (κ2) is 6.55. The Morgan fingerprint density at radius 3 is 3.11 bits per heavy atom. The van der Waals surface area contributed by atoms with Crippen molar-refractivity contribution in [3.63, 3.8) is 0 Å². The van der Waals surface area contributed by atoms with E-state index in [4.69, 9.17) is 11.6 Å². The van der Waals surface area contributed by atoms with Gasteiger partial charge in [0.2, 0.25) is 5.91 Å². The highest BCUT2D eigenvalue weighted by atomic mass is 79.9. The van der Waals surface area contributed by atoms with Crippen molar-refractivity contribution in [3.8, 4) is 0 Å². The fraction of sp³-hybridized carbons (Fsp3) is 0.462. The summed E-state index contributed by atoms with van der Waals surface area (Å²) in [6, 6.07) is 5.37. The number of benzene rings is 1. The molecule has 0 aliphatic carbocycles. The van der Waals surface area contributed by atoms with Gasteiger partial charge < -0.3 is 10.6 Å².